The summed E-state index contributed by atoms with van der Waals surface area (Å²) in [5.41, 5.74) is 5.47. The number of carboxylic acid groups (broad SMARTS) is 1. The minimum atomic E-state index is -0.774. The zero-order valence-corrected chi connectivity index (χ0v) is 15.0. The summed E-state index contributed by atoms with van der Waals surface area (Å²) in [7, 11) is 0. The van der Waals surface area contributed by atoms with Gasteiger partial charge in [-0.1, -0.05) is 51.4 Å². The number of carboxylic acids is 1. The first-order valence-corrected chi connectivity index (χ1v) is 9.60. The molecule has 0 amide bonds. The van der Waals surface area contributed by atoms with Crippen molar-refractivity contribution in [2.75, 3.05) is 32.7 Å². The van der Waals surface area contributed by atoms with Crippen molar-refractivity contribution < 1.29 is 9.90 Å². The van der Waals surface area contributed by atoms with Crippen molar-refractivity contribution in [3.8, 4) is 0 Å². The summed E-state index contributed by atoms with van der Waals surface area (Å²) in [6.07, 6.45) is 15.2. The number of nitrogens with two attached hydrogens (primary N) is 1. The summed E-state index contributed by atoms with van der Waals surface area (Å²) in [6.45, 7) is 4.04. The Morgan fingerprint density at radius 1 is 0.652 bits per heavy atom. The van der Waals surface area contributed by atoms with Crippen LogP contribution in [0.1, 0.15) is 77.0 Å². The van der Waals surface area contributed by atoms with Gasteiger partial charge in [-0.3, -0.25) is 4.79 Å². The van der Waals surface area contributed by atoms with Crippen LogP contribution in [0.3, 0.4) is 0 Å². The van der Waals surface area contributed by atoms with E-state index in [9.17, 15) is 4.79 Å². The van der Waals surface area contributed by atoms with Gasteiger partial charge in [0.1, 0.15) is 0 Å². The third-order valence-electron chi connectivity index (χ3n) is 4.04. The Morgan fingerprint density at radius 3 is 1.48 bits per heavy atom. The van der Waals surface area contributed by atoms with Crippen molar-refractivity contribution in [2.45, 2.75) is 77.0 Å². The number of nitrogens with one attached hydrogen (secondary N) is 2. The molecule has 0 aliphatic heterocycles. The molecule has 0 aliphatic rings. The van der Waals surface area contributed by atoms with E-state index < -0.39 is 5.97 Å². The number of rotatable bonds is 19. The molecule has 5 heteroatoms. The van der Waals surface area contributed by atoms with Crippen molar-refractivity contribution in [1.82, 2.24) is 10.6 Å². The maximum atomic E-state index is 10.3. The van der Waals surface area contributed by atoms with E-state index in [0.717, 1.165) is 32.6 Å². The summed E-state index contributed by atoms with van der Waals surface area (Å²) >= 11 is 0. The van der Waals surface area contributed by atoms with E-state index in [1.54, 1.807) is 0 Å². The molecule has 0 heterocycles. The summed E-state index contributed by atoms with van der Waals surface area (Å²) in [6, 6.07) is 0. The first kappa shape index (κ1) is 22.4. The second-order valence-corrected chi connectivity index (χ2v) is 6.35. The molecular formula is C18H39N3O2. The van der Waals surface area contributed by atoms with Gasteiger partial charge in [-0.05, 0) is 51.9 Å². The van der Waals surface area contributed by atoms with E-state index >= 15 is 0 Å². The van der Waals surface area contributed by atoms with Gasteiger partial charge in [0.25, 0.3) is 0 Å². The zero-order valence-electron chi connectivity index (χ0n) is 15.0. The molecule has 0 unspecified atom stereocenters. The van der Waals surface area contributed by atoms with Gasteiger partial charge in [-0.15, -0.1) is 0 Å². The molecule has 0 rings (SSSR count). The van der Waals surface area contributed by atoms with Crippen molar-refractivity contribution in [1.29, 1.82) is 0 Å². The number of hydrogen-bond donors (Lipinski definition) is 4. The predicted octanol–water partition coefficient (Wildman–Crippen LogP) is 2.89. The molecule has 0 atom stereocenters. The van der Waals surface area contributed by atoms with Crippen LogP contribution in [0.4, 0.5) is 0 Å². The Morgan fingerprint density at radius 2 is 1.04 bits per heavy atom. The lowest BCUT2D eigenvalue weighted by molar-refractivity contribution is -0.135. The van der Waals surface area contributed by atoms with Gasteiger partial charge in [0.2, 0.25) is 0 Å². The van der Waals surface area contributed by atoms with Crippen LogP contribution in [0.25, 0.3) is 0 Å². The molecule has 0 aromatic carbocycles. The molecule has 0 radical (unpaired) electrons. The molecule has 5 nitrogen and oxygen atoms in total. The van der Waals surface area contributed by atoms with Crippen LogP contribution >= 0.6 is 0 Å². The third kappa shape index (κ3) is 21.4. The van der Waals surface area contributed by atoms with Crippen molar-refractivity contribution in [2.24, 2.45) is 5.73 Å². The first-order valence-electron chi connectivity index (χ1n) is 9.60. The van der Waals surface area contributed by atoms with E-state index in [2.05, 4.69) is 10.6 Å². The number of unbranched alkanes of at least 4 members (excludes halogenated alkanes) is 10. The minimum Gasteiger partial charge on any atom is -0.480 e. The fourth-order valence-electron chi connectivity index (χ4n) is 2.63. The highest BCUT2D eigenvalue weighted by Gasteiger charge is 1.95. The summed E-state index contributed by atoms with van der Waals surface area (Å²) < 4.78 is 0. The van der Waals surface area contributed by atoms with Crippen LogP contribution in [0, 0.1) is 0 Å². The van der Waals surface area contributed by atoms with Crippen LogP contribution in [0.5, 0.6) is 0 Å². The highest BCUT2D eigenvalue weighted by atomic mass is 16.4. The van der Waals surface area contributed by atoms with Crippen molar-refractivity contribution in [3.05, 3.63) is 0 Å². The Kier molecular flexibility index (Phi) is 18.8. The maximum absolute atomic E-state index is 10.3. The molecule has 5 N–H and O–H groups in total. The molecule has 23 heavy (non-hydrogen) atoms. The fourth-order valence-corrected chi connectivity index (χ4v) is 2.63. The second kappa shape index (κ2) is 19.4. The monoisotopic (exact) mass is 329 g/mol. The Bertz CT molecular complexity index is 250. The van der Waals surface area contributed by atoms with Crippen molar-refractivity contribution in [3.63, 3.8) is 0 Å². The van der Waals surface area contributed by atoms with Crippen molar-refractivity contribution >= 4 is 5.97 Å². The van der Waals surface area contributed by atoms with Crippen LogP contribution in [0.15, 0.2) is 0 Å². The average Bonchev–Trinajstić information content (AvgIpc) is 2.53. The maximum Gasteiger partial charge on any atom is 0.317 e. The molecular weight excluding hydrogens is 290 g/mol. The molecule has 0 saturated carbocycles. The largest absolute Gasteiger partial charge is 0.480 e. The van der Waals surface area contributed by atoms with E-state index in [4.69, 9.17) is 10.8 Å². The van der Waals surface area contributed by atoms with E-state index in [1.807, 2.05) is 0 Å². The lowest BCUT2D eigenvalue weighted by Crippen LogP contribution is -2.23. The molecule has 138 valence electrons. The van der Waals surface area contributed by atoms with Gasteiger partial charge in [0.15, 0.2) is 0 Å². The first-order chi connectivity index (χ1) is 11.3. The van der Waals surface area contributed by atoms with Crippen LogP contribution in [0.2, 0.25) is 0 Å². The molecule has 0 saturated heterocycles. The SMILES string of the molecule is NCCCCCCCCNCCCCCCCCNCC(=O)O. The topological polar surface area (TPSA) is 87.4 Å². The van der Waals surface area contributed by atoms with Crippen LogP contribution < -0.4 is 16.4 Å². The Labute approximate surface area is 142 Å². The number of hydrogen-bond acceptors (Lipinski definition) is 4. The lowest BCUT2D eigenvalue weighted by Gasteiger charge is -2.05. The molecule has 0 aliphatic carbocycles. The van der Waals surface area contributed by atoms with Crippen LogP contribution in [-0.2, 0) is 4.79 Å². The fraction of sp³-hybridized carbons (Fsp3) is 0.944. The van der Waals surface area contributed by atoms with Crippen LogP contribution in [-0.4, -0.2) is 43.8 Å². The van der Waals surface area contributed by atoms with E-state index in [1.165, 1.54) is 70.6 Å². The van der Waals surface area contributed by atoms with Gasteiger partial charge in [-0.25, -0.2) is 0 Å². The standard InChI is InChI=1S/C18H39N3O2/c19-13-9-5-1-2-6-10-14-20-15-11-7-3-4-8-12-16-21-17-18(22)23/h20-21H,1-17,19H2,(H,22,23). The lowest BCUT2D eigenvalue weighted by atomic mass is 10.1. The Hall–Kier alpha value is -0.650. The van der Waals surface area contributed by atoms with Gasteiger partial charge in [0, 0.05) is 0 Å². The average molecular weight is 330 g/mol. The summed E-state index contributed by atoms with van der Waals surface area (Å²) in [4.78, 5) is 10.3. The zero-order chi connectivity index (χ0) is 17.0. The molecule has 0 aromatic heterocycles. The van der Waals surface area contributed by atoms with Gasteiger partial charge < -0.3 is 21.5 Å². The number of aliphatic carboxylic acids is 1. The molecule has 0 spiro atoms. The van der Waals surface area contributed by atoms with Gasteiger partial charge in [0.05, 0.1) is 6.54 Å². The normalized spacial score (nSPS) is 11.0. The second-order valence-electron chi connectivity index (χ2n) is 6.35. The number of carbonyl (C=O) groups is 1. The van der Waals surface area contributed by atoms with E-state index in [-0.39, 0.29) is 6.54 Å². The predicted molar refractivity (Wildman–Crippen MR) is 97.8 cm³/mol. The highest BCUT2D eigenvalue weighted by Crippen LogP contribution is 2.05. The van der Waals surface area contributed by atoms with E-state index in [0.29, 0.717) is 0 Å². The molecule has 0 fully saturated rings. The molecule has 0 aromatic rings. The minimum absolute atomic E-state index is 0.0827. The summed E-state index contributed by atoms with van der Waals surface area (Å²) in [5, 5.41) is 14.9. The van der Waals surface area contributed by atoms with Gasteiger partial charge in [-0.2, -0.15) is 0 Å². The highest BCUT2D eigenvalue weighted by molar-refractivity contribution is 5.68. The smallest absolute Gasteiger partial charge is 0.317 e. The quantitative estimate of drug-likeness (QED) is 0.274. The Balaban J connectivity index is 2.96. The molecule has 0 bridgehead atoms. The van der Waals surface area contributed by atoms with Gasteiger partial charge >= 0.3 is 5.97 Å². The third-order valence-corrected chi connectivity index (χ3v) is 4.04. The summed E-state index contributed by atoms with van der Waals surface area (Å²) in [5.74, 6) is -0.774.